The van der Waals surface area contributed by atoms with Gasteiger partial charge in [-0.3, -0.25) is 10.1 Å². The van der Waals surface area contributed by atoms with Crippen LogP contribution in [0.3, 0.4) is 0 Å². The summed E-state index contributed by atoms with van der Waals surface area (Å²) in [5.74, 6) is 0.0114. The molecule has 7 heteroatoms. The van der Waals surface area contributed by atoms with Crippen molar-refractivity contribution >= 4 is 17.3 Å². The van der Waals surface area contributed by atoms with Gasteiger partial charge in [-0.05, 0) is 12.1 Å². The quantitative estimate of drug-likeness (QED) is 0.665. The highest BCUT2D eigenvalue weighted by atomic mass is 16.6. The van der Waals surface area contributed by atoms with Gasteiger partial charge in [-0.1, -0.05) is 12.1 Å². The molecule has 1 aromatic heterocycles. The summed E-state index contributed by atoms with van der Waals surface area (Å²) in [5.41, 5.74) is 7.18. The minimum atomic E-state index is -0.519. The van der Waals surface area contributed by atoms with Gasteiger partial charge in [-0.25, -0.2) is 9.97 Å². The van der Waals surface area contributed by atoms with Crippen LogP contribution in [0.4, 0.5) is 17.3 Å². The molecule has 7 nitrogen and oxygen atoms in total. The molecule has 0 bridgehead atoms. The van der Waals surface area contributed by atoms with Gasteiger partial charge in [0, 0.05) is 25.3 Å². The van der Waals surface area contributed by atoms with Crippen molar-refractivity contribution in [1.82, 2.24) is 9.97 Å². The number of nitrogen functional groups attached to an aromatic ring is 1. The molecule has 19 heavy (non-hydrogen) atoms. The summed E-state index contributed by atoms with van der Waals surface area (Å²) in [6.45, 7) is 0. The minimum absolute atomic E-state index is 0.0114. The van der Waals surface area contributed by atoms with Crippen molar-refractivity contribution in [1.29, 1.82) is 0 Å². The van der Waals surface area contributed by atoms with Crippen LogP contribution in [-0.4, -0.2) is 29.0 Å². The molecule has 0 aliphatic carbocycles. The fourth-order valence-electron chi connectivity index (χ4n) is 1.65. The first-order valence-electron chi connectivity index (χ1n) is 5.53. The highest BCUT2D eigenvalue weighted by Crippen LogP contribution is 2.28. The van der Waals surface area contributed by atoms with Crippen LogP contribution >= 0.6 is 0 Å². The van der Waals surface area contributed by atoms with Crippen molar-refractivity contribution in [3.8, 4) is 11.3 Å². The molecule has 2 N–H and O–H groups in total. The standard InChI is InChI=1S/C12H13N5O2/c1-16(2)9-5-3-8(4-6-9)11-10(17(18)19)7-14-12(13)15-11/h3-7H,1-2H3,(H2,13,14,15). The van der Waals surface area contributed by atoms with Gasteiger partial charge in [-0.2, -0.15) is 0 Å². The number of hydrogen-bond acceptors (Lipinski definition) is 6. The Morgan fingerprint density at radius 2 is 1.89 bits per heavy atom. The number of nitro groups is 1. The molecular weight excluding hydrogens is 246 g/mol. The van der Waals surface area contributed by atoms with E-state index in [9.17, 15) is 10.1 Å². The topological polar surface area (TPSA) is 98.2 Å². The van der Waals surface area contributed by atoms with Gasteiger partial charge < -0.3 is 10.6 Å². The summed E-state index contributed by atoms with van der Waals surface area (Å²) in [4.78, 5) is 20.0. The molecule has 0 aliphatic rings. The zero-order chi connectivity index (χ0) is 14.0. The summed E-state index contributed by atoms with van der Waals surface area (Å²) in [5, 5.41) is 11.0. The van der Waals surface area contributed by atoms with Gasteiger partial charge in [0.25, 0.3) is 0 Å². The normalized spacial score (nSPS) is 10.2. The van der Waals surface area contributed by atoms with E-state index < -0.39 is 4.92 Å². The second-order valence-electron chi connectivity index (χ2n) is 4.16. The molecule has 0 saturated carbocycles. The first kappa shape index (κ1) is 12.7. The largest absolute Gasteiger partial charge is 0.378 e. The summed E-state index contributed by atoms with van der Waals surface area (Å²) < 4.78 is 0. The monoisotopic (exact) mass is 259 g/mol. The number of rotatable bonds is 3. The van der Waals surface area contributed by atoms with Gasteiger partial charge in [0.1, 0.15) is 6.20 Å². The summed E-state index contributed by atoms with van der Waals surface area (Å²) in [6, 6.07) is 7.25. The highest BCUT2D eigenvalue weighted by molar-refractivity contribution is 5.71. The molecule has 0 saturated heterocycles. The Labute approximate surface area is 109 Å². The summed E-state index contributed by atoms with van der Waals surface area (Å²) in [7, 11) is 3.83. The van der Waals surface area contributed by atoms with Crippen molar-refractivity contribution < 1.29 is 4.92 Å². The molecule has 2 aromatic rings. The molecule has 0 unspecified atom stereocenters. The van der Waals surface area contributed by atoms with E-state index in [4.69, 9.17) is 5.73 Å². The summed E-state index contributed by atoms with van der Waals surface area (Å²) >= 11 is 0. The Balaban J connectivity index is 2.51. The Hall–Kier alpha value is -2.70. The van der Waals surface area contributed by atoms with Gasteiger partial charge in [-0.15, -0.1) is 0 Å². The van der Waals surface area contributed by atoms with Crippen LogP contribution in [0.15, 0.2) is 30.5 Å². The van der Waals surface area contributed by atoms with Gasteiger partial charge >= 0.3 is 5.69 Å². The van der Waals surface area contributed by atoms with E-state index in [-0.39, 0.29) is 17.3 Å². The molecule has 1 heterocycles. The third-order valence-electron chi connectivity index (χ3n) is 2.64. The molecule has 1 aromatic carbocycles. The van der Waals surface area contributed by atoms with E-state index in [2.05, 4.69) is 9.97 Å². The van der Waals surface area contributed by atoms with E-state index in [1.807, 2.05) is 31.1 Å². The van der Waals surface area contributed by atoms with Crippen molar-refractivity contribution in [2.24, 2.45) is 0 Å². The first-order chi connectivity index (χ1) is 8.99. The van der Waals surface area contributed by atoms with Crippen LogP contribution in [0.25, 0.3) is 11.3 Å². The molecule has 0 spiro atoms. The molecule has 2 rings (SSSR count). The van der Waals surface area contributed by atoms with E-state index in [1.54, 1.807) is 12.1 Å². The van der Waals surface area contributed by atoms with Crippen LogP contribution in [0, 0.1) is 10.1 Å². The Morgan fingerprint density at radius 3 is 2.42 bits per heavy atom. The zero-order valence-electron chi connectivity index (χ0n) is 10.6. The molecular formula is C12H13N5O2. The lowest BCUT2D eigenvalue weighted by atomic mass is 10.1. The number of nitrogens with zero attached hydrogens (tertiary/aromatic N) is 4. The lowest BCUT2D eigenvalue weighted by Gasteiger charge is -2.12. The number of benzene rings is 1. The average molecular weight is 259 g/mol. The molecule has 0 aliphatic heterocycles. The SMILES string of the molecule is CN(C)c1ccc(-c2nc(N)ncc2[N+](=O)[O-])cc1. The molecule has 0 atom stereocenters. The highest BCUT2D eigenvalue weighted by Gasteiger charge is 2.18. The predicted molar refractivity (Wildman–Crippen MR) is 72.9 cm³/mol. The Bertz CT molecular complexity index is 610. The van der Waals surface area contributed by atoms with Crippen molar-refractivity contribution in [3.05, 3.63) is 40.6 Å². The lowest BCUT2D eigenvalue weighted by Crippen LogP contribution is -2.08. The van der Waals surface area contributed by atoms with Gasteiger partial charge in [0.15, 0.2) is 5.69 Å². The summed E-state index contributed by atoms with van der Waals surface area (Å²) in [6.07, 6.45) is 1.12. The van der Waals surface area contributed by atoms with Gasteiger partial charge in [0.05, 0.1) is 4.92 Å². The fourth-order valence-corrected chi connectivity index (χ4v) is 1.65. The van der Waals surface area contributed by atoms with Crippen LogP contribution < -0.4 is 10.6 Å². The minimum Gasteiger partial charge on any atom is -0.378 e. The van der Waals surface area contributed by atoms with Crippen LogP contribution in [0.5, 0.6) is 0 Å². The fraction of sp³-hybridized carbons (Fsp3) is 0.167. The number of nitrogens with two attached hydrogens (primary N) is 1. The maximum absolute atomic E-state index is 11.0. The van der Waals surface area contributed by atoms with Gasteiger partial charge in [0.2, 0.25) is 5.95 Å². The number of hydrogen-bond donors (Lipinski definition) is 1. The third kappa shape index (κ3) is 2.59. The second kappa shape index (κ2) is 4.89. The van der Waals surface area contributed by atoms with E-state index >= 15 is 0 Å². The Morgan fingerprint density at radius 1 is 1.26 bits per heavy atom. The smallest absolute Gasteiger partial charge is 0.313 e. The van der Waals surface area contributed by atoms with Crippen LogP contribution in [-0.2, 0) is 0 Å². The Kier molecular flexibility index (Phi) is 3.28. The van der Waals surface area contributed by atoms with Crippen molar-refractivity contribution in [3.63, 3.8) is 0 Å². The maximum Gasteiger partial charge on any atom is 0.313 e. The third-order valence-corrected chi connectivity index (χ3v) is 2.64. The number of aromatic nitrogens is 2. The van der Waals surface area contributed by atoms with Crippen LogP contribution in [0.1, 0.15) is 0 Å². The molecule has 0 amide bonds. The van der Waals surface area contributed by atoms with E-state index in [1.165, 1.54) is 0 Å². The van der Waals surface area contributed by atoms with Crippen molar-refractivity contribution in [2.45, 2.75) is 0 Å². The second-order valence-corrected chi connectivity index (χ2v) is 4.16. The lowest BCUT2D eigenvalue weighted by molar-refractivity contribution is -0.384. The maximum atomic E-state index is 11.0. The van der Waals surface area contributed by atoms with E-state index in [0.29, 0.717) is 5.56 Å². The predicted octanol–water partition coefficient (Wildman–Crippen LogP) is 1.70. The van der Waals surface area contributed by atoms with Crippen molar-refractivity contribution in [2.75, 3.05) is 24.7 Å². The van der Waals surface area contributed by atoms with Crippen LogP contribution in [0.2, 0.25) is 0 Å². The molecule has 98 valence electrons. The zero-order valence-corrected chi connectivity index (χ0v) is 10.6. The first-order valence-corrected chi connectivity index (χ1v) is 5.53. The van der Waals surface area contributed by atoms with E-state index in [0.717, 1.165) is 11.9 Å². The molecule has 0 fully saturated rings. The molecule has 0 radical (unpaired) electrons. The average Bonchev–Trinajstić information content (AvgIpc) is 2.38. The number of anilines is 2.